The van der Waals surface area contributed by atoms with E-state index in [4.69, 9.17) is 10.5 Å². The summed E-state index contributed by atoms with van der Waals surface area (Å²) in [6, 6.07) is 18.3. The van der Waals surface area contributed by atoms with Gasteiger partial charge < -0.3 is 10.5 Å². The van der Waals surface area contributed by atoms with Crippen LogP contribution in [0.5, 0.6) is 5.75 Å². The van der Waals surface area contributed by atoms with E-state index in [2.05, 4.69) is 24.8 Å². The first-order chi connectivity index (χ1) is 9.85. The molecular weight excluding hydrogens is 246 g/mol. The summed E-state index contributed by atoms with van der Waals surface area (Å²) in [4.78, 5) is 0. The molecule has 2 aromatic rings. The molecule has 0 amide bonds. The predicted octanol–water partition coefficient (Wildman–Crippen LogP) is 3.88. The molecule has 0 fully saturated rings. The van der Waals surface area contributed by atoms with Gasteiger partial charge in [-0.15, -0.1) is 6.58 Å². The van der Waals surface area contributed by atoms with Crippen LogP contribution < -0.4 is 10.5 Å². The van der Waals surface area contributed by atoms with E-state index in [-0.39, 0.29) is 6.10 Å². The summed E-state index contributed by atoms with van der Waals surface area (Å²) in [6.07, 6.45) is 3.49. The number of ether oxygens (including phenoxy) is 1. The number of rotatable bonds is 7. The molecule has 0 saturated carbocycles. The molecule has 2 aromatic carbocycles. The summed E-state index contributed by atoms with van der Waals surface area (Å²) in [6.45, 7) is 4.40. The Bertz CT molecular complexity index is 536. The quantitative estimate of drug-likeness (QED) is 0.773. The molecule has 0 aromatic heterocycles. The van der Waals surface area contributed by atoms with Crippen LogP contribution in [0.2, 0.25) is 0 Å². The van der Waals surface area contributed by atoms with Crippen molar-refractivity contribution in [2.45, 2.75) is 18.9 Å². The van der Waals surface area contributed by atoms with Crippen molar-refractivity contribution >= 4 is 0 Å². The molecule has 1 unspecified atom stereocenters. The Morgan fingerprint density at radius 3 is 2.45 bits per heavy atom. The minimum atomic E-state index is -0.00725. The Hall–Kier alpha value is -2.06. The third-order valence-electron chi connectivity index (χ3n) is 3.21. The number of allylic oxidation sites excluding steroid dienone is 1. The largest absolute Gasteiger partial charge is 0.485 e. The highest BCUT2D eigenvalue weighted by Crippen LogP contribution is 2.27. The van der Waals surface area contributed by atoms with Gasteiger partial charge in [0.15, 0.2) is 0 Å². The van der Waals surface area contributed by atoms with Crippen molar-refractivity contribution < 1.29 is 4.74 Å². The van der Waals surface area contributed by atoms with Gasteiger partial charge in [0.25, 0.3) is 0 Å². The fourth-order valence-electron chi connectivity index (χ4n) is 2.21. The van der Waals surface area contributed by atoms with Crippen molar-refractivity contribution in [3.8, 4) is 5.75 Å². The second kappa shape index (κ2) is 7.51. The molecule has 2 rings (SSSR count). The molecule has 0 aliphatic rings. The Morgan fingerprint density at radius 1 is 1.05 bits per heavy atom. The van der Waals surface area contributed by atoms with E-state index in [1.807, 2.05) is 42.5 Å². The fourth-order valence-corrected chi connectivity index (χ4v) is 2.21. The van der Waals surface area contributed by atoms with Gasteiger partial charge in [-0.25, -0.2) is 0 Å². The summed E-state index contributed by atoms with van der Waals surface area (Å²) in [7, 11) is 0. The molecule has 0 spiro atoms. The summed E-state index contributed by atoms with van der Waals surface area (Å²) >= 11 is 0. The smallest absolute Gasteiger partial charge is 0.125 e. The maximum atomic E-state index is 6.20. The third-order valence-corrected chi connectivity index (χ3v) is 3.21. The Morgan fingerprint density at radius 2 is 1.75 bits per heavy atom. The standard InChI is InChI=1S/C18H21NO/c1-2-8-15-11-6-7-12-17(15)20-18(13-14-19)16-9-4-3-5-10-16/h2-7,9-12,18H,1,8,13-14,19H2. The molecule has 0 aliphatic carbocycles. The lowest BCUT2D eigenvalue weighted by Gasteiger charge is -2.20. The number of benzene rings is 2. The average Bonchev–Trinajstić information content (AvgIpc) is 2.50. The highest BCUT2D eigenvalue weighted by Gasteiger charge is 2.13. The van der Waals surface area contributed by atoms with Gasteiger partial charge in [0.2, 0.25) is 0 Å². The normalized spacial score (nSPS) is 11.8. The van der Waals surface area contributed by atoms with Crippen LogP contribution in [0.4, 0.5) is 0 Å². The Kier molecular flexibility index (Phi) is 5.39. The lowest BCUT2D eigenvalue weighted by atomic mass is 10.1. The first-order valence-electron chi connectivity index (χ1n) is 6.95. The molecule has 0 bridgehead atoms. The van der Waals surface area contributed by atoms with E-state index in [0.717, 1.165) is 29.7 Å². The maximum Gasteiger partial charge on any atom is 0.125 e. The number of nitrogens with two attached hydrogens (primary N) is 1. The Labute approximate surface area is 120 Å². The van der Waals surface area contributed by atoms with Crippen molar-refractivity contribution in [1.82, 2.24) is 0 Å². The average molecular weight is 267 g/mol. The summed E-state index contributed by atoms with van der Waals surface area (Å²) < 4.78 is 6.20. The molecule has 1 atom stereocenters. The highest BCUT2D eigenvalue weighted by atomic mass is 16.5. The van der Waals surface area contributed by atoms with Crippen molar-refractivity contribution in [1.29, 1.82) is 0 Å². The van der Waals surface area contributed by atoms with Crippen LogP contribution >= 0.6 is 0 Å². The zero-order chi connectivity index (χ0) is 14.2. The van der Waals surface area contributed by atoms with E-state index < -0.39 is 0 Å². The van der Waals surface area contributed by atoms with Gasteiger partial charge in [-0.05, 0) is 30.2 Å². The second-order valence-corrected chi connectivity index (χ2v) is 4.70. The van der Waals surface area contributed by atoms with Gasteiger partial charge in [-0.3, -0.25) is 0 Å². The van der Waals surface area contributed by atoms with Crippen molar-refractivity contribution in [3.63, 3.8) is 0 Å². The summed E-state index contributed by atoms with van der Waals surface area (Å²) in [5.74, 6) is 0.912. The summed E-state index contributed by atoms with van der Waals surface area (Å²) in [5, 5.41) is 0. The van der Waals surface area contributed by atoms with Crippen LogP contribution in [-0.2, 0) is 6.42 Å². The van der Waals surface area contributed by atoms with Crippen LogP contribution in [0.15, 0.2) is 67.3 Å². The first-order valence-corrected chi connectivity index (χ1v) is 6.95. The molecule has 0 radical (unpaired) electrons. The minimum Gasteiger partial charge on any atom is -0.485 e. The van der Waals surface area contributed by atoms with E-state index in [1.54, 1.807) is 0 Å². The van der Waals surface area contributed by atoms with Gasteiger partial charge in [0.1, 0.15) is 11.9 Å². The first kappa shape index (κ1) is 14.4. The van der Waals surface area contributed by atoms with Gasteiger partial charge in [-0.1, -0.05) is 54.6 Å². The van der Waals surface area contributed by atoms with E-state index in [9.17, 15) is 0 Å². The highest BCUT2D eigenvalue weighted by molar-refractivity contribution is 5.35. The van der Waals surface area contributed by atoms with Crippen molar-refractivity contribution in [2.75, 3.05) is 6.54 Å². The van der Waals surface area contributed by atoms with Crippen LogP contribution in [-0.4, -0.2) is 6.54 Å². The SMILES string of the molecule is C=CCc1ccccc1OC(CCN)c1ccccc1. The van der Waals surface area contributed by atoms with E-state index in [1.165, 1.54) is 0 Å². The van der Waals surface area contributed by atoms with Crippen LogP contribution in [0, 0.1) is 0 Å². The third kappa shape index (κ3) is 3.72. The van der Waals surface area contributed by atoms with E-state index in [0.29, 0.717) is 6.54 Å². The molecule has 0 aliphatic heterocycles. The fraction of sp³-hybridized carbons (Fsp3) is 0.222. The molecule has 2 nitrogen and oxygen atoms in total. The molecule has 104 valence electrons. The number of hydrogen-bond acceptors (Lipinski definition) is 2. The number of para-hydroxylation sites is 1. The molecule has 0 heterocycles. The van der Waals surface area contributed by atoms with Gasteiger partial charge in [0, 0.05) is 6.42 Å². The lowest BCUT2D eigenvalue weighted by Crippen LogP contribution is -2.14. The summed E-state index contributed by atoms with van der Waals surface area (Å²) in [5.41, 5.74) is 8.03. The second-order valence-electron chi connectivity index (χ2n) is 4.70. The van der Waals surface area contributed by atoms with E-state index >= 15 is 0 Å². The molecule has 2 N–H and O–H groups in total. The van der Waals surface area contributed by atoms with Crippen LogP contribution in [0.25, 0.3) is 0 Å². The maximum absolute atomic E-state index is 6.20. The van der Waals surface area contributed by atoms with Crippen LogP contribution in [0.3, 0.4) is 0 Å². The van der Waals surface area contributed by atoms with Crippen LogP contribution in [0.1, 0.15) is 23.7 Å². The predicted molar refractivity (Wildman–Crippen MR) is 83.8 cm³/mol. The van der Waals surface area contributed by atoms with Gasteiger partial charge in [0.05, 0.1) is 0 Å². The molecular formula is C18H21NO. The molecule has 20 heavy (non-hydrogen) atoms. The monoisotopic (exact) mass is 267 g/mol. The Balaban J connectivity index is 2.22. The van der Waals surface area contributed by atoms with Gasteiger partial charge >= 0.3 is 0 Å². The topological polar surface area (TPSA) is 35.2 Å². The minimum absolute atomic E-state index is 0.00725. The zero-order valence-electron chi connectivity index (χ0n) is 11.7. The molecule has 2 heteroatoms. The van der Waals surface area contributed by atoms with Crippen molar-refractivity contribution in [2.24, 2.45) is 5.73 Å². The molecule has 0 saturated heterocycles. The van der Waals surface area contributed by atoms with Gasteiger partial charge in [-0.2, -0.15) is 0 Å². The number of hydrogen-bond donors (Lipinski definition) is 1. The lowest BCUT2D eigenvalue weighted by molar-refractivity contribution is 0.196. The van der Waals surface area contributed by atoms with Crippen molar-refractivity contribution in [3.05, 3.63) is 78.4 Å². The zero-order valence-corrected chi connectivity index (χ0v) is 11.7.